The molecule has 28 heavy (non-hydrogen) atoms. The normalized spacial score (nSPS) is 11.6. The highest BCUT2D eigenvalue weighted by atomic mass is 32.2. The minimum atomic E-state index is -3.75. The lowest BCUT2D eigenvalue weighted by atomic mass is 10.1. The number of benzene rings is 3. The highest BCUT2D eigenvalue weighted by Gasteiger charge is 2.22. The van der Waals surface area contributed by atoms with E-state index in [1.54, 1.807) is 0 Å². The van der Waals surface area contributed by atoms with E-state index < -0.39 is 10.0 Å². The van der Waals surface area contributed by atoms with Crippen molar-refractivity contribution in [2.45, 2.75) is 18.4 Å². The zero-order valence-corrected chi connectivity index (χ0v) is 16.8. The summed E-state index contributed by atoms with van der Waals surface area (Å²) in [5.41, 5.74) is 1.20. The van der Waals surface area contributed by atoms with E-state index in [2.05, 4.69) is 5.32 Å². The topological polar surface area (TPSA) is 75.7 Å². The number of methoxy groups -OCH3 is 1. The molecule has 3 aromatic carbocycles. The number of anilines is 1. The van der Waals surface area contributed by atoms with Crippen molar-refractivity contribution in [2.24, 2.45) is 0 Å². The summed E-state index contributed by atoms with van der Waals surface area (Å²) in [4.78, 5) is 11.5. The second-order valence-corrected chi connectivity index (χ2v) is 8.53. The fourth-order valence-electron chi connectivity index (χ4n) is 2.99. The summed E-state index contributed by atoms with van der Waals surface area (Å²) < 4.78 is 32.5. The summed E-state index contributed by atoms with van der Waals surface area (Å²) in [6, 6.07) is 18.2. The first-order chi connectivity index (χ1) is 13.3. The van der Waals surface area contributed by atoms with Crippen LogP contribution in [0.1, 0.15) is 12.5 Å². The molecule has 0 aliphatic carbocycles. The molecule has 0 unspecified atom stereocenters. The van der Waals surface area contributed by atoms with E-state index in [-0.39, 0.29) is 17.3 Å². The van der Waals surface area contributed by atoms with Crippen LogP contribution in [0.2, 0.25) is 0 Å². The van der Waals surface area contributed by atoms with Crippen LogP contribution in [0.15, 0.2) is 65.6 Å². The predicted molar refractivity (Wildman–Crippen MR) is 110 cm³/mol. The number of hydrogen-bond donors (Lipinski definition) is 1. The van der Waals surface area contributed by atoms with Gasteiger partial charge in [-0.25, -0.2) is 8.42 Å². The molecule has 146 valence electrons. The van der Waals surface area contributed by atoms with E-state index in [1.807, 2.05) is 42.5 Å². The van der Waals surface area contributed by atoms with Crippen molar-refractivity contribution >= 4 is 32.4 Å². The van der Waals surface area contributed by atoms with E-state index >= 15 is 0 Å². The minimum absolute atomic E-state index is 0.0836. The average Bonchev–Trinajstić information content (AvgIpc) is 2.67. The summed E-state index contributed by atoms with van der Waals surface area (Å²) in [5.74, 6) is 0.0868. The van der Waals surface area contributed by atoms with Crippen LogP contribution >= 0.6 is 0 Å². The van der Waals surface area contributed by atoms with E-state index in [0.717, 1.165) is 16.3 Å². The maximum atomic E-state index is 13.0. The molecule has 1 amide bonds. The van der Waals surface area contributed by atoms with E-state index in [0.29, 0.717) is 11.4 Å². The lowest BCUT2D eigenvalue weighted by Crippen LogP contribution is -2.26. The average molecular weight is 398 g/mol. The van der Waals surface area contributed by atoms with Crippen molar-refractivity contribution in [3.8, 4) is 5.75 Å². The standard InChI is InChI=1S/C21H22N2O4S/c1-15(24)22-20-13-19(10-11-21(20)27-3)28(25,26)23(2)14-16-8-9-17-6-4-5-7-18(17)12-16/h4-13H,14H2,1-3H3,(H,22,24). The number of carbonyl (C=O) groups excluding carboxylic acids is 1. The molecule has 0 aromatic heterocycles. The summed E-state index contributed by atoms with van der Waals surface area (Å²) in [7, 11) is -0.754. The molecule has 6 nitrogen and oxygen atoms in total. The third-order valence-corrected chi connectivity index (χ3v) is 6.21. The van der Waals surface area contributed by atoms with Gasteiger partial charge in [-0.05, 0) is 40.6 Å². The third kappa shape index (κ3) is 4.16. The monoisotopic (exact) mass is 398 g/mol. The molecular formula is C21H22N2O4S. The summed E-state index contributed by atoms with van der Waals surface area (Å²) >= 11 is 0. The Morgan fingerprint density at radius 3 is 2.43 bits per heavy atom. The third-order valence-electron chi connectivity index (χ3n) is 4.41. The van der Waals surface area contributed by atoms with Gasteiger partial charge < -0.3 is 10.1 Å². The zero-order chi connectivity index (χ0) is 20.3. The van der Waals surface area contributed by atoms with Gasteiger partial charge in [-0.2, -0.15) is 4.31 Å². The SMILES string of the molecule is COc1ccc(S(=O)(=O)N(C)Cc2ccc3ccccc3c2)cc1NC(C)=O. The van der Waals surface area contributed by atoms with Crippen LogP contribution in [0.3, 0.4) is 0 Å². The van der Waals surface area contributed by atoms with Crippen molar-refractivity contribution < 1.29 is 17.9 Å². The maximum absolute atomic E-state index is 13.0. The Morgan fingerprint density at radius 2 is 1.75 bits per heavy atom. The van der Waals surface area contributed by atoms with Crippen molar-refractivity contribution in [1.29, 1.82) is 0 Å². The zero-order valence-electron chi connectivity index (χ0n) is 16.0. The van der Waals surface area contributed by atoms with Crippen LogP contribution in [0.5, 0.6) is 5.75 Å². The molecule has 3 aromatic rings. The first kappa shape index (κ1) is 19.9. The van der Waals surface area contributed by atoms with Crippen LogP contribution in [0, 0.1) is 0 Å². The summed E-state index contributed by atoms with van der Waals surface area (Å²) in [6.07, 6.45) is 0. The van der Waals surface area contributed by atoms with Crippen molar-refractivity contribution in [3.05, 3.63) is 66.2 Å². The number of ether oxygens (including phenoxy) is 1. The summed E-state index contributed by atoms with van der Waals surface area (Å²) in [6.45, 7) is 1.58. The lowest BCUT2D eigenvalue weighted by Gasteiger charge is -2.19. The molecule has 0 atom stereocenters. The van der Waals surface area contributed by atoms with Crippen LogP contribution in [0.25, 0.3) is 10.8 Å². The van der Waals surface area contributed by atoms with Gasteiger partial charge in [0.1, 0.15) is 5.75 Å². The van der Waals surface area contributed by atoms with Crippen molar-refractivity contribution in [1.82, 2.24) is 4.31 Å². The minimum Gasteiger partial charge on any atom is -0.495 e. The Labute approximate surface area is 164 Å². The van der Waals surface area contributed by atoms with Gasteiger partial charge in [0, 0.05) is 20.5 Å². The Balaban J connectivity index is 1.89. The molecule has 7 heteroatoms. The largest absolute Gasteiger partial charge is 0.495 e. The molecule has 0 heterocycles. The number of hydrogen-bond acceptors (Lipinski definition) is 4. The van der Waals surface area contributed by atoms with Gasteiger partial charge in [0.2, 0.25) is 15.9 Å². The molecule has 0 radical (unpaired) electrons. The lowest BCUT2D eigenvalue weighted by molar-refractivity contribution is -0.114. The predicted octanol–water partition coefficient (Wildman–Crippen LogP) is 3.63. The Hall–Kier alpha value is -2.90. The van der Waals surface area contributed by atoms with Gasteiger partial charge in [0.25, 0.3) is 0 Å². The van der Waals surface area contributed by atoms with E-state index in [1.165, 1.54) is 43.6 Å². The molecule has 0 bridgehead atoms. The molecule has 0 saturated carbocycles. The smallest absolute Gasteiger partial charge is 0.243 e. The van der Waals surface area contributed by atoms with Crippen LogP contribution in [-0.2, 0) is 21.4 Å². The molecule has 0 aliphatic rings. The van der Waals surface area contributed by atoms with Crippen molar-refractivity contribution in [2.75, 3.05) is 19.5 Å². The second kappa shape index (κ2) is 8.00. The molecule has 3 rings (SSSR count). The van der Waals surface area contributed by atoms with Crippen molar-refractivity contribution in [3.63, 3.8) is 0 Å². The Kier molecular flexibility index (Phi) is 5.67. The first-order valence-electron chi connectivity index (χ1n) is 8.71. The number of fused-ring (bicyclic) bond motifs is 1. The fraction of sp³-hybridized carbons (Fsp3) is 0.190. The number of nitrogens with zero attached hydrogens (tertiary/aromatic N) is 1. The van der Waals surface area contributed by atoms with E-state index in [9.17, 15) is 13.2 Å². The Morgan fingerprint density at radius 1 is 1.04 bits per heavy atom. The maximum Gasteiger partial charge on any atom is 0.243 e. The molecule has 0 saturated heterocycles. The fourth-order valence-corrected chi connectivity index (χ4v) is 4.18. The van der Waals surface area contributed by atoms with Crippen LogP contribution < -0.4 is 10.1 Å². The van der Waals surface area contributed by atoms with Gasteiger partial charge in [-0.3, -0.25) is 4.79 Å². The van der Waals surface area contributed by atoms with Gasteiger partial charge in [0.05, 0.1) is 17.7 Å². The molecular weight excluding hydrogens is 376 g/mol. The quantitative estimate of drug-likeness (QED) is 0.688. The number of rotatable bonds is 6. The van der Waals surface area contributed by atoms with Gasteiger partial charge >= 0.3 is 0 Å². The van der Waals surface area contributed by atoms with Gasteiger partial charge in [-0.15, -0.1) is 0 Å². The van der Waals surface area contributed by atoms with Crippen LogP contribution in [0.4, 0.5) is 5.69 Å². The number of carbonyl (C=O) groups is 1. The molecule has 0 spiro atoms. The number of amides is 1. The van der Waals surface area contributed by atoms with Crippen LogP contribution in [-0.4, -0.2) is 32.8 Å². The van der Waals surface area contributed by atoms with E-state index in [4.69, 9.17) is 4.74 Å². The highest BCUT2D eigenvalue weighted by Crippen LogP contribution is 2.29. The number of nitrogens with one attached hydrogen (secondary N) is 1. The highest BCUT2D eigenvalue weighted by molar-refractivity contribution is 7.89. The molecule has 1 N–H and O–H groups in total. The molecule has 0 fully saturated rings. The first-order valence-corrected chi connectivity index (χ1v) is 10.1. The molecule has 0 aliphatic heterocycles. The second-order valence-electron chi connectivity index (χ2n) is 6.49. The summed E-state index contributed by atoms with van der Waals surface area (Å²) in [5, 5.41) is 4.76. The van der Waals surface area contributed by atoms with Gasteiger partial charge in [0.15, 0.2) is 0 Å². The Bertz CT molecular complexity index is 1130. The number of sulfonamides is 1. The van der Waals surface area contributed by atoms with Gasteiger partial charge in [-0.1, -0.05) is 36.4 Å².